The molecule has 0 atom stereocenters. The topological polar surface area (TPSA) is 17.1 Å². The first-order chi connectivity index (χ1) is 6.02. The normalized spacial score (nSPS) is 12.2. The van der Waals surface area contributed by atoms with E-state index in [9.17, 15) is 4.79 Å². The van der Waals surface area contributed by atoms with Crippen LogP contribution in [0.5, 0.6) is 0 Å². The Balaban J connectivity index is 4.44. The molecule has 0 saturated carbocycles. The van der Waals surface area contributed by atoms with Gasteiger partial charge in [-0.2, -0.15) is 0 Å². The Hall–Kier alpha value is -0.330. The van der Waals surface area contributed by atoms with Gasteiger partial charge in [-0.1, -0.05) is 34.6 Å². The van der Waals surface area contributed by atoms with E-state index in [0.29, 0.717) is 11.7 Å². The average molecular weight is 184 g/mol. The molecule has 0 bridgehead atoms. The van der Waals surface area contributed by atoms with Crippen molar-refractivity contribution in [1.29, 1.82) is 0 Å². The van der Waals surface area contributed by atoms with Gasteiger partial charge in [0.1, 0.15) is 5.78 Å². The predicted molar refractivity (Wildman–Crippen MR) is 57.8 cm³/mol. The molecule has 0 aromatic rings. The summed E-state index contributed by atoms with van der Waals surface area (Å²) < 4.78 is 0. The number of carbonyl (C=O) groups excluding carboxylic acids is 1. The van der Waals surface area contributed by atoms with E-state index in [0.717, 1.165) is 25.7 Å². The highest BCUT2D eigenvalue weighted by Crippen LogP contribution is 2.33. The van der Waals surface area contributed by atoms with Crippen LogP contribution in [0, 0.1) is 11.3 Å². The predicted octanol–water partition coefficient (Wildman–Crippen LogP) is 3.82. The maximum atomic E-state index is 12.0. The monoisotopic (exact) mass is 184 g/mol. The molecule has 0 saturated heterocycles. The van der Waals surface area contributed by atoms with Gasteiger partial charge in [0.05, 0.1) is 0 Å². The zero-order valence-electron chi connectivity index (χ0n) is 9.81. The first kappa shape index (κ1) is 12.7. The van der Waals surface area contributed by atoms with Gasteiger partial charge in [-0.05, 0) is 25.2 Å². The van der Waals surface area contributed by atoms with Crippen molar-refractivity contribution in [2.45, 2.75) is 60.3 Å². The van der Waals surface area contributed by atoms with Crippen LogP contribution in [0.3, 0.4) is 0 Å². The van der Waals surface area contributed by atoms with Gasteiger partial charge in [-0.3, -0.25) is 4.79 Å². The summed E-state index contributed by atoms with van der Waals surface area (Å²) in [5.41, 5.74) is -0.0235. The number of rotatable bonds is 6. The van der Waals surface area contributed by atoms with Gasteiger partial charge in [0.2, 0.25) is 0 Å². The summed E-state index contributed by atoms with van der Waals surface area (Å²) >= 11 is 0. The van der Waals surface area contributed by atoms with E-state index in [4.69, 9.17) is 0 Å². The summed E-state index contributed by atoms with van der Waals surface area (Å²) in [5, 5.41) is 0. The first-order valence-electron chi connectivity index (χ1n) is 5.55. The minimum absolute atomic E-state index is 0.0235. The Morgan fingerprint density at radius 3 is 1.69 bits per heavy atom. The number of hydrogen-bond acceptors (Lipinski definition) is 1. The van der Waals surface area contributed by atoms with Crippen LogP contribution in [0.15, 0.2) is 0 Å². The summed E-state index contributed by atoms with van der Waals surface area (Å²) in [6, 6.07) is 0. The van der Waals surface area contributed by atoms with E-state index in [1.165, 1.54) is 0 Å². The quantitative estimate of drug-likeness (QED) is 0.613. The summed E-state index contributed by atoms with van der Waals surface area (Å²) in [6.45, 7) is 10.6. The smallest absolute Gasteiger partial charge is 0.139 e. The largest absolute Gasteiger partial charge is 0.299 e. The van der Waals surface area contributed by atoms with Crippen molar-refractivity contribution in [3.05, 3.63) is 0 Å². The second-order valence-electron chi connectivity index (χ2n) is 4.36. The van der Waals surface area contributed by atoms with Crippen molar-refractivity contribution < 1.29 is 4.79 Å². The van der Waals surface area contributed by atoms with Crippen molar-refractivity contribution in [1.82, 2.24) is 0 Å². The van der Waals surface area contributed by atoms with Gasteiger partial charge < -0.3 is 0 Å². The maximum Gasteiger partial charge on any atom is 0.139 e. The summed E-state index contributed by atoms with van der Waals surface area (Å²) in [4.78, 5) is 12.0. The molecule has 13 heavy (non-hydrogen) atoms. The van der Waals surface area contributed by atoms with E-state index < -0.39 is 0 Å². The van der Waals surface area contributed by atoms with Crippen molar-refractivity contribution >= 4 is 5.78 Å². The van der Waals surface area contributed by atoms with Crippen LogP contribution in [0.1, 0.15) is 60.3 Å². The minimum Gasteiger partial charge on any atom is -0.299 e. The molecule has 0 aliphatic rings. The van der Waals surface area contributed by atoms with Gasteiger partial charge in [0.15, 0.2) is 0 Å². The molecule has 0 rings (SSSR count). The third-order valence-corrected chi connectivity index (χ3v) is 3.22. The molecule has 1 heteroatoms. The molecule has 0 aromatic carbocycles. The molecule has 1 nitrogen and oxygen atoms in total. The summed E-state index contributed by atoms with van der Waals surface area (Å²) in [7, 11) is 0. The van der Waals surface area contributed by atoms with Gasteiger partial charge in [-0.25, -0.2) is 0 Å². The molecular formula is C12H24O. The van der Waals surface area contributed by atoms with E-state index in [1.54, 1.807) is 0 Å². The SMILES string of the molecule is CCC(CC)(CC)C(=O)CC(C)C. The lowest BCUT2D eigenvalue weighted by Crippen LogP contribution is -2.30. The van der Waals surface area contributed by atoms with Crippen LogP contribution in [0.2, 0.25) is 0 Å². The second-order valence-corrected chi connectivity index (χ2v) is 4.36. The Bertz CT molecular complexity index is 146. The molecular weight excluding hydrogens is 160 g/mol. The lowest BCUT2D eigenvalue weighted by molar-refractivity contribution is -0.130. The fourth-order valence-electron chi connectivity index (χ4n) is 1.93. The Kier molecular flexibility index (Phi) is 5.27. The Labute approximate surface area is 82.9 Å². The molecule has 0 amide bonds. The molecule has 0 radical (unpaired) electrons. The van der Waals surface area contributed by atoms with Crippen LogP contribution in [-0.4, -0.2) is 5.78 Å². The van der Waals surface area contributed by atoms with Gasteiger partial charge in [-0.15, -0.1) is 0 Å². The van der Waals surface area contributed by atoms with Crippen molar-refractivity contribution in [3.63, 3.8) is 0 Å². The van der Waals surface area contributed by atoms with E-state index >= 15 is 0 Å². The third-order valence-electron chi connectivity index (χ3n) is 3.22. The fraction of sp³-hybridized carbons (Fsp3) is 0.917. The van der Waals surface area contributed by atoms with Crippen LogP contribution in [0.25, 0.3) is 0 Å². The van der Waals surface area contributed by atoms with Crippen LogP contribution in [-0.2, 0) is 4.79 Å². The zero-order valence-corrected chi connectivity index (χ0v) is 9.81. The minimum atomic E-state index is -0.0235. The fourth-order valence-corrected chi connectivity index (χ4v) is 1.93. The molecule has 0 heterocycles. The third kappa shape index (κ3) is 3.13. The number of ketones is 1. The van der Waals surface area contributed by atoms with Gasteiger partial charge in [0, 0.05) is 11.8 Å². The second kappa shape index (κ2) is 5.41. The summed E-state index contributed by atoms with van der Waals surface area (Å²) in [5.74, 6) is 0.964. The first-order valence-corrected chi connectivity index (χ1v) is 5.55. The molecule has 78 valence electrons. The van der Waals surface area contributed by atoms with Crippen molar-refractivity contribution in [3.8, 4) is 0 Å². The maximum absolute atomic E-state index is 12.0. The molecule has 0 aliphatic carbocycles. The Morgan fingerprint density at radius 1 is 1.08 bits per heavy atom. The highest BCUT2D eigenvalue weighted by molar-refractivity contribution is 5.84. The highest BCUT2D eigenvalue weighted by atomic mass is 16.1. The van der Waals surface area contributed by atoms with Crippen LogP contribution >= 0.6 is 0 Å². The van der Waals surface area contributed by atoms with Crippen LogP contribution in [0.4, 0.5) is 0 Å². The molecule has 0 N–H and O–H groups in total. The molecule has 0 unspecified atom stereocenters. The lowest BCUT2D eigenvalue weighted by Gasteiger charge is -2.29. The molecule has 0 aliphatic heterocycles. The molecule has 0 aromatic heterocycles. The van der Waals surface area contributed by atoms with Crippen LogP contribution < -0.4 is 0 Å². The van der Waals surface area contributed by atoms with Crippen molar-refractivity contribution in [2.24, 2.45) is 11.3 Å². The number of Topliss-reactive ketones (excluding diaryl/α,β-unsaturated/α-hetero) is 1. The molecule has 0 spiro atoms. The van der Waals surface area contributed by atoms with E-state index in [1.807, 2.05) is 0 Å². The number of carbonyl (C=O) groups is 1. The number of hydrogen-bond donors (Lipinski definition) is 0. The van der Waals surface area contributed by atoms with E-state index in [-0.39, 0.29) is 5.41 Å². The van der Waals surface area contributed by atoms with Crippen molar-refractivity contribution in [2.75, 3.05) is 0 Å². The lowest BCUT2D eigenvalue weighted by atomic mass is 9.74. The summed E-state index contributed by atoms with van der Waals surface area (Å²) in [6.07, 6.45) is 3.72. The standard InChI is InChI=1S/C12H24O/c1-6-12(7-2,8-3)11(13)9-10(4)5/h10H,6-9H2,1-5H3. The Morgan fingerprint density at radius 2 is 1.46 bits per heavy atom. The van der Waals surface area contributed by atoms with Gasteiger partial charge in [0.25, 0.3) is 0 Å². The zero-order chi connectivity index (χ0) is 10.5. The average Bonchev–Trinajstić information content (AvgIpc) is 2.07. The highest BCUT2D eigenvalue weighted by Gasteiger charge is 2.32. The molecule has 0 fully saturated rings. The van der Waals surface area contributed by atoms with Gasteiger partial charge >= 0.3 is 0 Å². The van der Waals surface area contributed by atoms with E-state index in [2.05, 4.69) is 34.6 Å².